The van der Waals surface area contributed by atoms with Crippen LogP contribution in [0.2, 0.25) is 0 Å². The Hall–Kier alpha value is -0.120. The first kappa shape index (κ1) is 13.9. The average Bonchev–Trinajstić information content (AvgIpc) is 2.62. The zero-order valence-electron chi connectivity index (χ0n) is 11.6. The van der Waals surface area contributed by atoms with Crippen LogP contribution in [0.5, 0.6) is 0 Å². The van der Waals surface area contributed by atoms with Crippen LogP contribution in [0.1, 0.15) is 26.7 Å². The predicted octanol–water partition coefficient (Wildman–Crippen LogP) is 1.26. The van der Waals surface area contributed by atoms with Gasteiger partial charge in [-0.1, -0.05) is 13.8 Å². The highest BCUT2D eigenvalue weighted by molar-refractivity contribution is 4.75. The molecule has 0 bridgehead atoms. The molecule has 0 radical (unpaired) electrons. The van der Waals surface area contributed by atoms with Gasteiger partial charge in [0.05, 0.1) is 0 Å². The fraction of sp³-hybridized carbons (Fsp3) is 1.00. The predicted molar refractivity (Wildman–Crippen MR) is 70.9 cm³/mol. The van der Waals surface area contributed by atoms with Crippen LogP contribution in [0.25, 0.3) is 0 Å². The van der Waals surface area contributed by atoms with Crippen LogP contribution >= 0.6 is 0 Å². The van der Waals surface area contributed by atoms with E-state index in [0.717, 1.165) is 19.6 Å². The number of rotatable bonds is 7. The van der Waals surface area contributed by atoms with E-state index in [1.807, 2.05) is 0 Å². The van der Waals surface area contributed by atoms with Crippen molar-refractivity contribution in [1.29, 1.82) is 0 Å². The zero-order chi connectivity index (χ0) is 12.0. The van der Waals surface area contributed by atoms with Crippen LogP contribution in [0, 0.1) is 5.41 Å². The van der Waals surface area contributed by atoms with E-state index in [2.05, 4.69) is 43.1 Å². The van der Waals surface area contributed by atoms with Crippen molar-refractivity contribution < 1.29 is 0 Å². The normalized spacial score (nSPS) is 18.6. The summed E-state index contributed by atoms with van der Waals surface area (Å²) in [6.07, 6.45) is 2.79. The lowest BCUT2D eigenvalue weighted by Crippen LogP contribution is -2.40. The van der Waals surface area contributed by atoms with Crippen molar-refractivity contribution in [2.24, 2.45) is 5.41 Å². The van der Waals surface area contributed by atoms with Gasteiger partial charge in [0, 0.05) is 26.2 Å². The fourth-order valence-electron chi connectivity index (χ4n) is 2.58. The van der Waals surface area contributed by atoms with Gasteiger partial charge in [0.25, 0.3) is 0 Å². The fourth-order valence-corrected chi connectivity index (χ4v) is 2.58. The Balaban J connectivity index is 2.04. The van der Waals surface area contributed by atoms with Crippen LogP contribution in [0.15, 0.2) is 0 Å². The molecule has 1 saturated heterocycles. The molecule has 3 nitrogen and oxygen atoms in total. The van der Waals surface area contributed by atoms with Gasteiger partial charge in [0.15, 0.2) is 0 Å². The van der Waals surface area contributed by atoms with Gasteiger partial charge in [0.2, 0.25) is 0 Å². The van der Waals surface area contributed by atoms with Crippen molar-refractivity contribution in [2.45, 2.75) is 26.7 Å². The third-order valence-corrected chi connectivity index (χ3v) is 3.15. The molecule has 1 rings (SSSR count). The Labute approximate surface area is 101 Å². The Morgan fingerprint density at radius 3 is 2.38 bits per heavy atom. The number of hydrogen-bond donors (Lipinski definition) is 1. The van der Waals surface area contributed by atoms with Crippen molar-refractivity contribution in [3.05, 3.63) is 0 Å². The second-order valence-corrected chi connectivity index (χ2v) is 6.13. The summed E-state index contributed by atoms with van der Waals surface area (Å²) in [7, 11) is 4.29. The highest BCUT2D eigenvalue weighted by Crippen LogP contribution is 2.14. The lowest BCUT2D eigenvalue weighted by molar-refractivity contribution is 0.228. The van der Waals surface area contributed by atoms with E-state index in [0.29, 0.717) is 5.41 Å². The van der Waals surface area contributed by atoms with E-state index in [-0.39, 0.29) is 0 Å². The van der Waals surface area contributed by atoms with E-state index < -0.39 is 0 Å². The number of nitrogens with one attached hydrogen (secondary N) is 1. The molecule has 0 aromatic heterocycles. The van der Waals surface area contributed by atoms with Gasteiger partial charge in [-0.05, 0) is 45.4 Å². The molecule has 96 valence electrons. The minimum absolute atomic E-state index is 0.370. The third-order valence-electron chi connectivity index (χ3n) is 3.15. The molecule has 0 amide bonds. The maximum atomic E-state index is 3.59. The Bertz CT molecular complexity index is 184. The Morgan fingerprint density at radius 1 is 1.19 bits per heavy atom. The molecule has 0 unspecified atom stereocenters. The highest BCUT2D eigenvalue weighted by Gasteiger charge is 2.18. The average molecular weight is 227 g/mol. The Morgan fingerprint density at radius 2 is 1.81 bits per heavy atom. The number of hydrogen-bond acceptors (Lipinski definition) is 3. The van der Waals surface area contributed by atoms with Gasteiger partial charge in [-0.3, -0.25) is 0 Å². The van der Waals surface area contributed by atoms with E-state index in [4.69, 9.17) is 0 Å². The maximum absolute atomic E-state index is 3.59. The van der Waals surface area contributed by atoms with Crippen LogP contribution in [-0.2, 0) is 0 Å². The second kappa shape index (κ2) is 6.58. The first-order valence-corrected chi connectivity index (χ1v) is 6.57. The molecular formula is C13H29N3. The molecule has 0 aliphatic carbocycles. The van der Waals surface area contributed by atoms with Gasteiger partial charge in [-0.25, -0.2) is 0 Å². The van der Waals surface area contributed by atoms with E-state index in [9.17, 15) is 0 Å². The molecule has 1 N–H and O–H groups in total. The van der Waals surface area contributed by atoms with Crippen molar-refractivity contribution in [1.82, 2.24) is 15.1 Å². The van der Waals surface area contributed by atoms with Crippen LogP contribution in [0.3, 0.4) is 0 Å². The van der Waals surface area contributed by atoms with Crippen LogP contribution in [0.4, 0.5) is 0 Å². The van der Waals surface area contributed by atoms with Gasteiger partial charge in [-0.15, -0.1) is 0 Å². The molecular weight excluding hydrogens is 198 g/mol. The van der Waals surface area contributed by atoms with Crippen molar-refractivity contribution >= 4 is 0 Å². The minimum Gasteiger partial charge on any atom is -0.315 e. The van der Waals surface area contributed by atoms with Crippen molar-refractivity contribution in [3.63, 3.8) is 0 Å². The van der Waals surface area contributed by atoms with Crippen LogP contribution < -0.4 is 5.32 Å². The summed E-state index contributed by atoms with van der Waals surface area (Å²) < 4.78 is 0. The van der Waals surface area contributed by atoms with E-state index in [1.165, 1.54) is 32.5 Å². The lowest BCUT2D eigenvalue weighted by Gasteiger charge is -2.29. The largest absolute Gasteiger partial charge is 0.315 e. The summed E-state index contributed by atoms with van der Waals surface area (Å²) >= 11 is 0. The second-order valence-electron chi connectivity index (χ2n) is 6.13. The van der Waals surface area contributed by atoms with Crippen molar-refractivity contribution in [2.75, 3.05) is 53.4 Å². The van der Waals surface area contributed by atoms with Gasteiger partial charge < -0.3 is 15.1 Å². The first-order valence-electron chi connectivity index (χ1n) is 6.57. The molecule has 0 spiro atoms. The smallest absolute Gasteiger partial charge is 0.0107 e. The molecule has 0 aromatic rings. The van der Waals surface area contributed by atoms with E-state index in [1.54, 1.807) is 0 Å². The molecule has 1 aliphatic rings. The van der Waals surface area contributed by atoms with Crippen molar-refractivity contribution in [3.8, 4) is 0 Å². The van der Waals surface area contributed by atoms with Gasteiger partial charge in [-0.2, -0.15) is 0 Å². The monoisotopic (exact) mass is 227 g/mol. The lowest BCUT2D eigenvalue weighted by atomic mass is 9.93. The molecule has 16 heavy (non-hydrogen) atoms. The molecule has 1 heterocycles. The van der Waals surface area contributed by atoms with Gasteiger partial charge in [0.1, 0.15) is 0 Å². The molecule has 0 atom stereocenters. The summed E-state index contributed by atoms with van der Waals surface area (Å²) in [6, 6.07) is 0. The summed E-state index contributed by atoms with van der Waals surface area (Å²) in [5.41, 5.74) is 0.370. The molecule has 0 aromatic carbocycles. The molecule has 1 fully saturated rings. The van der Waals surface area contributed by atoms with Gasteiger partial charge >= 0.3 is 0 Å². The topological polar surface area (TPSA) is 18.5 Å². The summed E-state index contributed by atoms with van der Waals surface area (Å²) in [4.78, 5) is 4.83. The van der Waals surface area contributed by atoms with Crippen LogP contribution in [-0.4, -0.2) is 63.2 Å². The number of nitrogens with zero attached hydrogens (tertiary/aromatic N) is 2. The number of likely N-dealkylation sites (tertiary alicyclic amines) is 1. The zero-order valence-corrected chi connectivity index (χ0v) is 11.6. The minimum atomic E-state index is 0.370. The highest BCUT2D eigenvalue weighted by atomic mass is 15.2. The van der Waals surface area contributed by atoms with E-state index >= 15 is 0 Å². The molecule has 0 saturated carbocycles. The summed E-state index contributed by atoms with van der Waals surface area (Å²) in [6.45, 7) is 11.9. The summed E-state index contributed by atoms with van der Waals surface area (Å²) in [5.74, 6) is 0. The quantitative estimate of drug-likeness (QED) is 0.661. The molecule has 3 heteroatoms. The standard InChI is InChI=1S/C13H29N3/c1-13(2,12-15(3)4)11-14-7-10-16-8-5-6-9-16/h14H,5-12H2,1-4H3. The summed E-state index contributed by atoms with van der Waals surface area (Å²) in [5, 5.41) is 3.59. The first-order chi connectivity index (χ1) is 7.49. The third kappa shape index (κ3) is 5.83. The Kier molecular flexibility index (Phi) is 5.73. The molecule has 1 aliphatic heterocycles. The SMILES string of the molecule is CN(C)CC(C)(C)CNCCN1CCCC1. The maximum Gasteiger partial charge on any atom is 0.0107 e.